The molecule has 11 heteroatoms. The maximum atomic E-state index is 11.7. The monoisotopic (exact) mass is 537 g/mol. The number of H-pyrrole nitrogens is 1. The molecule has 5 rings (SSSR count). The second-order valence-electron chi connectivity index (χ2n) is 7.79. The summed E-state index contributed by atoms with van der Waals surface area (Å²) in [5, 5.41) is 8.54. The number of aromatic amines is 1. The zero-order chi connectivity index (χ0) is 24.0. The molecule has 0 spiro atoms. The third-order valence-corrected chi connectivity index (χ3v) is 7.01. The number of fused-ring (bicyclic) bond motifs is 1. The van der Waals surface area contributed by atoms with E-state index < -0.39 is 10.0 Å². The number of nitrogens with two attached hydrogens (primary N) is 1. The van der Waals surface area contributed by atoms with Crippen LogP contribution in [0.3, 0.4) is 0 Å². The van der Waals surface area contributed by atoms with Gasteiger partial charge in [-0.2, -0.15) is 0 Å². The first-order chi connectivity index (χ1) is 16.2. The molecule has 0 radical (unpaired) electrons. The topological polar surface area (TPSA) is 132 Å². The normalized spacial score (nSPS) is 11.8. The molecule has 1 aromatic carbocycles. The summed E-state index contributed by atoms with van der Waals surface area (Å²) >= 11 is 3.53. The number of anilines is 2. The largest absolute Gasteiger partial charge is 0.353 e. The molecule has 5 aromatic rings. The Morgan fingerprint density at radius 2 is 1.94 bits per heavy atom. The average molecular weight is 538 g/mol. The van der Waals surface area contributed by atoms with Gasteiger partial charge in [0.15, 0.2) is 5.65 Å². The Morgan fingerprint density at radius 3 is 2.68 bits per heavy atom. The number of benzene rings is 1. The van der Waals surface area contributed by atoms with Crippen LogP contribution >= 0.6 is 15.9 Å². The SMILES string of the molecule is Cc1cc(-c2nc3ncc(Br)c(Nc4cccc(S(N)(=O)=O)c4)c3[nH]2)c(C)n1-c1cccnc1. The van der Waals surface area contributed by atoms with E-state index >= 15 is 0 Å². The Labute approximate surface area is 204 Å². The predicted octanol–water partition coefficient (Wildman–Crippen LogP) is 4.58. The van der Waals surface area contributed by atoms with Crippen molar-refractivity contribution >= 4 is 48.5 Å². The summed E-state index contributed by atoms with van der Waals surface area (Å²) in [4.78, 5) is 16.8. The van der Waals surface area contributed by atoms with Gasteiger partial charge >= 0.3 is 0 Å². The van der Waals surface area contributed by atoms with Crippen LogP contribution in [0.1, 0.15) is 11.4 Å². The van der Waals surface area contributed by atoms with Gasteiger partial charge in [-0.15, -0.1) is 0 Å². The second kappa shape index (κ2) is 8.35. The number of aromatic nitrogens is 5. The van der Waals surface area contributed by atoms with Crippen LogP contribution in [0.25, 0.3) is 28.2 Å². The lowest BCUT2D eigenvalue weighted by Gasteiger charge is -2.10. The first-order valence-electron chi connectivity index (χ1n) is 10.3. The quantitative estimate of drug-likeness (QED) is 0.300. The van der Waals surface area contributed by atoms with Gasteiger partial charge in [0.2, 0.25) is 10.0 Å². The van der Waals surface area contributed by atoms with Gasteiger partial charge in [-0.05, 0) is 66.2 Å². The van der Waals surface area contributed by atoms with Crippen molar-refractivity contribution in [2.45, 2.75) is 18.7 Å². The van der Waals surface area contributed by atoms with Crippen LogP contribution in [0, 0.1) is 13.8 Å². The summed E-state index contributed by atoms with van der Waals surface area (Å²) in [5.41, 5.74) is 6.41. The standard InChI is InChI=1S/C23H20BrN7O2S/c1-13-9-18(14(2)31(13)16-6-4-8-26-11-16)22-29-21-20(19(24)12-27-23(21)30-22)28-15-5-3-7-17(10-15)34(25,32)33/h3-12H,1-2H3,(H2,25,32,33)(H2,27,28,29,30). The van der Waals surface area contributed by atoms with Crippen LogP contribution in [0.2, 0.25) is 0 Å². The maximum Gasteiger partial charge on any atom is 0.238 e. The minimum atomic E-state index is -3.82. The van der Waals surface area contributed by atoms with Gasteiger partial charge in [0.05, 0.1) is 26.9 Å². The smallest absolute Gasteiger partial charge is 0.238 e. The third kappa shape index (κ3) is 3.98. The summed E-state index contributed by atoms with van der Waals surface area (Å²) < 4.78 is 26.3. The lowest BCUT2D eigenvalue weighted by atomic mass is 10.2. The molecule has 4 aromatic heterocycles. The second-order valence-corrected chi connectivity index (χ2v) is 10.2. The van der Waals surface area contributed by atoms with Gasteiger partial charge in [-0.1, -0.05) is 6.07 Å². The van der Waals surface area contributed by atoms with Crippen LogP contribution in [0.15, 0.2) is 70.4 Å². The molecule has 0 amide bonds. The number of halogens is 1. The van der Waals surface area contributed by atoms with E-state index in [1.165, 1.54) is 12.1 Å². The molecule has 0 aliphatic heterocycles. The molecule has 0 atom stereocenters. The van der Waals surface area contributed by atoms with E-state index in [0.29, 0.717) is 32.8 Å². The minimum absolute atomic E-state index is 0.0204. The van der Waals surface area contributed by atoms with Crippen LogP contribution in [-0.2, 0) is 10.0 Å². The number of primary sulfonamides is 1. The van der Waals surface area contributed by atoms with Crippen molar-refractivity contribution in [1.82, 2.24) is 24.5 Å². The number of nitrogens with zero attached hydrogens (tertiary/aromatic N) is 4. The highest BCUT2D eigenvalue weighted by atomic mass is 79.9. The molecule has 0 saturated carbocycles. The van der Waals surface area contributed by atoms with E-state index in [2.05, 4.69) is 46.8 Å². The number of sulfonamides is 1. The Kier molecular flexibility index (Phi) is 5.47. The fourth-order valence-corrected chi connectivity index (χ4v) is 4.92. The van der Waals surface area contributed by atoms with Crippen molar-refractivity contribution < 1.29 is 8.42 Å². The number of nitrogens with one attached hydrogen (secondary N) is 2. The third-order valence-electron chi connectivity index (χ3n) is 5.50. The van der Waals surface area contributed by atoms with Crippen molar-refractivity contribution in [3.8, 4) is 17.1 Å². The zero-order valence-corrected chi connectivity index (χ0v) is 20.6. The van der Waals surface area contributed by atoms with Gasteiger partial charge in [0.1, 0.15) is 11.3 Å². The van der Waals surface area contributed by atoms with Gasteiger partial charge in [-0.25, -0.2) is 23.5 Å². The Morgan fingerprint density at radius 1 is 1.12 bits per heavy atom. The highest BCUT2D eigenvalue weighted by Crippen LogP contribution is 2.35. The average Bonchev–Trinajstić information content (AvgIpc) is 3.36. The van der Waals surface area contributed by atoms with E-state index in [-0.39, 0.29) is 4.90 Å². The first-order valence-corrected chi connectivity index (χ1v) is 12.6. The first kappa shape index (κ1) is 22.3. The molecule has 4 heterocycles. The number of rotatable bonds is 5. The lowest BCUT2D eigenvalue weighted by molar-refractivity contribution is 0.598. The van der Waals surface area contributed by atoms with Gasteiger partial charge in [0.25, 0.3) is 0 Å². The van der Waals surface area contributed by atoms with Crippen LogP contribution < -0.4 is 10.5 Å². The van der Waals surface area contributed by atoms with Gasteiger partial charge in [-0.3, -0.25) is 4.98 Å². The fraction of sp³-hybridized carbons (Fsp3) is 0.0870. The predicted molar refractivity (Wildman–Crippen MR) is 135 cm³/mol. The summed E-state index contributed by atoms with van der Waals surface area (Å²) in [6, 6.07) is 12.3. The number of pyridine rings is 2. The lowest BCUT2D eigenvalue weighted by Crippen LogP contribution is -2.12. The summed E-state index contributed by atoms with van der Waals surface area (Å²) in [6.07, 6.45) is 5.21. The molecule has 34 heavy (non-hydrogen) atoms. The van der Waals surface area contributed by atoms with E-state index in [9.17, 15) is 8.42 Å². The van der Waals surface area contributed by atoms with Crippen molar-refractivity contribution in [2.24, 2.45) is 5.14 Å². The maximum absolute atomic E-state index is 11.7. The molecule has 4 N–H and O–H groups in total. The molecule has 0 unspecified atom stereocenters. The fourth-order valence-electron chi connectivity index (χ4n) is 3.96. The molecule has 0 saturated heterocycles. The highest BCUT2D eigenvalue weighted by molar-refractivity contribution is 9.10. The number of imidazole rings is 1. The Balaban J connectivity index is 1.60. The minimum Gasteiger partial charge on any atom is -0.353 e. The summed E-state index contributed by atoms with van der Waals surface area (Å²) in [5.74, 6) is 0.671. The van der Waals surface area contributed by atoms with E-state index in [4.69, 9.17) is 10.1 Å². The van der Waals surface area contributed by atoms with E-state index in [1.807, 2.05) is 32.2 Å². The highest BCUT2D eigenvalue weighted by Gasteiger charge is 2.18. The molecule has 0 fully saturated rings. The Hall–Kier alpha value is -3.54. The van der Waals surface area contributed by atoms with Gasteiger partial charge in [0, 0.05) is 35.0 Å². The van der Waals surface area contributed by atoms with Gasteiger partial charge < -0.3 is 14.9 Å². The summed E-state index contributed by atoms with van der Waals surface area (Å²) in [6.45, 7) is 4.07. The van der Waals surface area contributed by atoms with Crippen LogP contribution in [0.5, 0.6) is 0 Å². The molecule has 0 bridgehead atoms. The van der Waals surface area contributed by atoms with E-state index in [1.54, 1.807) is 24.5 Å². The van der Waals surface area contributed by atoms with Crippen molar-refractivity contribution in [3.05, 3.63) is 76.9 Å². The molecular formula is C23H20BrN7O2S. The van der Waals surface area contributed by atoms with E-state index in [0.717, 1.165) is 22.6 Å². The molecule has 172 valence electrons. The number of aryl methyl sites for hydroxylation is 1. The van der Waals surface area contributed by atoms with Crippen LogP contribution in [-0.4, -0.2) is 32.9 Å². The molecule has 9 nitrogen and oxygen atoms in total. The number of hydrogen-bond donors (Lipinski definition) is 3. The van der Waals surface area contributed by atoms with Crippen molar-refractivity contribution in [1.29, 1.82) is 0 Å². The van der Waals surface area contributed by atoms with Crippen molar-refractivity contribution in [2.75, 3.05) is 5.32 Å². The molecule has 0 aliphatic carbocycles. The van der Waals surface area contributed by atoms with Crippen molar-refractivity contribution in [3.63, 3.8) is 0 Å². The zero-order valence-electron chi connectivity index (χ0n) is 18.2. The summed E-state index contributed by atoms with van der Waals surface area (Å²) in [7, 11) is -3.82. The number of hydrogen-bond acceptors (Lipinski definition) is 6. The Bertz CT molecular complexity index is 1640. The van der Waals surface area contributed by atoms with Crippen LogP contribution in [0.4, 0.5) is 11.4 Å². The molecule has 0 aliphatic rings. The molecular weight excluding hydrogens is 518 g/mol.